The maximum atomic E-state index is 12.2. The molecule has 0 aromatic carbocycles. The average molecular weight is 353 g/mol. The smallest absolute Gasteiger partial charge is 0.239 e. The zero-order chi connectivity index (χ0) is 17.9. The van der Waals surface area contributed by atoms with Crippen LogP contribution in [0, 0.1) is 0 Å². The predicted molar refractivity (Wildman–Crippen MR) is 95.4 cm³/mol. The molecule has 1 aliphatic heterocycles. The number of rotatable bonds is 4. The Morgan fingerprint density at radius 2 is 1.96 bits per heavy atom. The number of fused-ring (bicyclic) bond motifs is 1. The van der Waals surface area contributed by atoms with Crippen LogP contribution in [0.25, 0.3) is 22.2 Å². The summed E-state index contributed by atoms with van der Waals surface area (Å²) in [5, 5.41) is 12.7. The number of aryl methyl sites for hydroxylation is 1. The number of amides is 1. The van der Waals surface area contributed by atoms with Crippen molar-refractivity contribution in [3.05, 3.63) is 30.7 Å². The Morgan fingerprint density at radius 3 is 2.73 bits per heavy atom. The van der Waals surface area contributed by atoms with Crippen LogP contribution >= 0.6 is 0 Å². The van der Waals surface area contributed by atoms with Crippen molar-refractivity contribution < 1.29 is 9.53 Å². The summed E-state index contributed by atoms with van der Waals surface area (Å²) in [4.78, 5) is 23.0. The van der Waals surface area contributed by atoms with Crippen LogP contribution in [0.15, 0.2) is 30.7 Å². The van der Waals surface area contributed by atoms with Gasteiger partial charge in [0.15, 0.2) is 0 Å². The van der Waals surface area contributed by atoms with Gasteiger partial charge in [-0.2, -0.15) is 0 Å². The van der Waals surface area contributed by atoms with E-state index in [0.29, 0.717) is 31.3 Å². The van der Waals surface area contributed by atoms with E-state index in [4.69, 9.17) is 4.74 Å². The summed E-state index contributed by atoms with van der Waals surface area (Å²) in [5.74, 6) is 0.439. The first-order chi connectivity index (χ1) is 12.7. The van der Waals surface area contributed by atoms with Crippen molar-refractivity contribution in [1.82, 2.24) is 29.9 Å². The number of morpholine rings is 1. The van der Waals surface area contributed by atoms with Crippen molar-refractivity contribution in [3.8, 4) is 11.4 Å². The fourth-order valence-corrected chi connectivity index (χ4v) is 2.86. The molecule has 0 saturated carbocycles. The van der Waals surface area contributed by atoms with E-state index in [1.807, 2.05) is 19.2 Å². The fourth-order valence-electron chi connectivity index (χ4n) is 2.86. The van der Waals surface area contributed by atoms with Crippen LogP contribution < -0.4 is 5.32 Å². The van der Waals surface area contributed by atoms with Crippen LogP contribution in [0.5, 0.6) is 0 Å². The molecule has 3 aromatic rings. The van der Waals surface area contributed by atoms with E-state index in [2.05, 4.69) is 30.5 Å². The Hall–Kier alpha value is -2.91. The average Bonchev–Trinajstić information content (AvgIpc) is 3.08. The van der Waals surface area contributed by atoms with Crippen LogP contribution in [0.4, 0.5) is 5.82 Å². The molecule has 0 spiro atoms. The summed E-state index contributed by atoms with van der Waals surface area (Å²) >= 11 is 0. The number of nitrogens with one attached hydrogen (secondary N) is 1. The van der Waals surface area contributed by atoms with Gasteiger partial charge in [0.05, 0.1) is 31.6 Å². The molecule has 0 bridgehead atoms. The molecule has 1 saturated heterocycles. The fraction of sp³-hybridized carbons (Fsp3) is 0.353. The summed E-state index contributed by atoms with van der Waals surface area (Å²) < 4.78 is 6.92. The van der Waals surface area contributed by atoms with Crippen molar-refractivity contribution in [2.24, 2.45) is 7.05 Å². The summed E-state index contributed by atoms with van der Waals surface area (Å²) in [6, 6.07) is 3.76. The number of ether oxygens (including phenoxy) is 1. The maximum Gasteiger partial charge on any atom is 0.239 e. The van der Waals surface area contributed by atoms with Gasteiger partial charge in [-0.3, -0.25) is 19.4 Å². The Kier molecular flexibility index (Phi) is 4.55. The number of nitrogens with zero attached hydrogens (tertiary/aromatic N) is 6. The lowest BCUT2D eigenvalue weighted by Gasteiger charge is -2.25. The Bertz CT molecular complexity index is 934. The second kappa shape index (κ2) is 7.14. The van der Waals surface area contributed by atoms with E-state index in [-0.39, 0.29) is 5.91 Å². The van der Waals surface area contributed by atoms with Gasteiger partial charge in [0, 0.05) is 37.9 Å². The highest BCUT2D eigenvalue weighted by molar-refractivity contribution is 5.94. The molecule has 1 N–H and O–H groups in total. The summed E-state index contributed by atoms with van der Waals surface area (Å²) in [6.45, 7) is 3.21. The van der Waals surface area contributed by atoms with Crippen LogP contribution in [0.3, 0.4) is 0 Å². The van der Waals surface area contributed by atoms with Gasteiger partial charge in [-0.15, -0.1) is 5.10 Å². The molecule has 4 heterocycles. The van der Waals surface area contributed by atoms with E-state index < -0.39 is 0 Å². The molecule has 26 heavy (non-hydrogen) atoms. The van der Waals surface area contributed by atoms with Gasteiger partial charge in [0.1, 0.15) is 11.5 Å². The molecule has 134 valence electrons. The van der Waals surface area contributed by atoms with Crippen molar-refractivity contribution >= 4 is 22.5 Å². The highest BCUT2D eigenvalue weighted by Gasteiger charge is 2.14. The highest BCUT2D eigenvalue weighted by Crippen LogP contribution is 2.21. The van der Waals surface area contributed by atoms with Crippen LogP contribution in [0.2, 0.25) is 0 Å². The molecule has 1 aliphatic rings. The van der Waals surface area contributed by atoms with Crippen LogP contribution in [-0.2, 0) is 16.6 Å². The molecule has 0 radical (unpaired) electrons. The number of hydrogen-bond donors (Lipinski definition) is 1. The topological polar surface area (TPSA) is 98.1 Å². The zero-order valence-electron chi connectivity index (χ0n) is 14.4. The lowest BCUT2D eigenvalue weighted by atomic mass is 10.2. The van der Waals surface area contributed by atoms with E-state index in [9.17, 15) is 4.79 Å². The third kappa shape index (κ3) is 3.68. The number of carbonyl (C=O) groups excluding carboxylic acids is 1. The normalized spacial score (nSPS) is 15.3. The number of aromatic nitrogens is 5. The van der Waals surface area contributed by atoms with Crippen LogP contribution in [-0.4, -0.2) is 68.6 Å². The molecule has 4 rings (SSSR count). The standard InChI is InChI=1S/C17H19N7O2/c1-23-10-15(21-22-23)14-6-12-7-16(19-9-13(12)8-18-14)20-17(25)11-24-2-4-26-5-3-24/h6-10H,2-5,11H2,1H3,(H,19,20,25). The SMILES string of the molecule is Cn1cc(-c2cc3cc(NC(=O)CN4CCOCC4)ncc3cn2)nn1. The third-order valence-electron chi connectivity index (χ3n) is 4.21. The predicted octanol–water partition coefficient (Wildman–Crippen LogP) is 0.696. The van der Waals surface area contributed by atoms with E-state index in [0.717, 1.165) is 29.6 Å². The maximum absolute atomic E-state index is 12.2. The second-order valence-electron chi connectivity index (χ2n) is 6.20. The zero-order valence-corrected chi connectivity index (χ0v) is 14.4. The molecule has 1 amide bonds. The Balaban J connectivity index is 1.51. The number of hydrogen-bond acceptors (Lipinski definition) is 7. The molecule has 0 aliphatic carbocycles. The van der Waals surface area contributed by atoms with Gasteiger partial charge in [-0.1, -0.05) is 5.21 Å². The van der Waals surface area contributed by atoms with Crippen molar-refractivity contribution in [2.45, 2.75) is 0 Å². The van der Waals surface area contributed by atoms with E-state index in [1.165, 1.54) is 0 Å². The minimum Gasteiger partial charge on any atom is -0.379 e. The molecule has 0 unspecified atom stereocenters. The number of anilines is 1. The summed E-state index contributed by atoms with van der Waals surface area (Å²) in [7, 11) is 1.81. The summed E-state index contributed by atoms with van der Waals surface area (Å²) in [5.41, 5.74) is 1.42. The lowest BCUT2D eigenvalue weighted by Crippen LogP contribution is -2.41. The van der Waals surface area contributed by atoms with Crippen LogP contribution in [0.1, 0.15) is 0 Å². The number of pyridine rings is 2. The van der Waals surface area contributed by atoms with Gasteiger partial charge >= 0.3 is 0 Å². The van der Waals surface area contributed by atoms with Gasteiger partial charge in [-0.05, 0) is 17.5 Å². The molecule has 3 aromatic heterocycles. The largest absolute Gasteiger partial charge is 0.379 e. The van der Waals surface area contributed by atoms with Gasteiger partial charge in [-0.25, -0.2) is 4.98 Å². The number of carbonyl (C=O) groups is 1. The molecule has 9 heteroatoms. The van der Waals surface area contributed by atoms with E-state index >= 15 is 0 Å². The summed E-state index contributed by atoms with van der Waals surface area (Å²) in [6.07, 6.45) is 5.25. The van der Waals surface area contributed by atoms with Gasteiger partial charge in [0.2, 0.25) is 5.91 Å². The lowest BCUT2D eigenvalue weighted by molar-refractivity contribution is -0.118. The van der Waals surface area contributed by atoms with Gasteiger partial charge < -0.3 is 10.1 Å². The Morgan fingerprint density at radius 1 is 1.15 bits per heavy atom. The Labute approximate surface area is 150 Å². The van der Waals surface area contributed by atoms with Crippen molar-refractivity contribution in [2.75, 3.05) is 38.2 Å². The second-order valence-corrected chi connectivity index (χ2v) is 6.20. The highest BCUT2D eigenvalue weighted by atomic mass is 16.5. The minimum absolute atomic E-state index is 0.0815. The molecular weight excluding hydrogens is 334 g/mol. The first-order valence-corrected chi connectivity index (χ1v) is 8.40. The third-order valence-corrected chi connectivity index (χ3v) is 4.21. The molecular formula is C17H19N7O2. The molecule has 0 atom stereocenters. The van der Waals surface area contributed by atoms with Crippen molar-refractivity contribution in [3.63, 3.8) is 0 Å². The van der Waals surface area contributed by atoms with E-state index in [1.54, 1.807) is 23.3 Å². The minimum atomic E-state index is -0.0815. The van der Waals surface area contributed by atoms with Crippen molar-refractivity contribution in [1.29, 1.82) is 0 Å². The monoisotopic (exact) mass is 353 g/mol. The molecule has 1 fully saturated rings. The quantitative estimate of drug-likeness (QED) is 0.737. The first kappa shape index (κ1) is 16.6. The van der Waals surface area contributed by atoms with Gasteiger partial charge in [0.25, 0.3) is 0 Å². The molecule has 9 nitrogen and oxygen atoms in total. The first-order valence-electron chi connectivity index (χ1n) is 8.40.